The van der Waals surface area contributed by atoms with Crippen molar-refractivity contribution in [2.24, 2.45) is 0 Å². The highest BCUT2D eigenvalue weighted by Gasteiger charge is 2.12. The van der Waals surface area contributed by atoms with Crippen LogP contribution < -0.4 is 9.47 Å². The van der Waals surface area contributed by atoms with Gasteiger partial charge in [0.1, 0.15) is 37.9 Å². The van der Waals surface area contributed by atoms with Gasteiger partial charge in [-0.05, 0) is 48.2 Å². The summed E-state index contributed by atoms with van der Waals surface area (Å²) in [5, 5.41) is 0. The van der Waals surface area contributed by atoms with Crippen LogP contribution in [0.5, 0.6) is 11.5 Å². The predicted octanol–water partition coefficient (Wildman–Crippen LogP) is 4.67. The summed E-state index contributed by atoms with van der Waals surface area (Å²) in [5.74, 6) is 0.771. The van der Waals surface area contributed by atoms with E-state index in [2.05, 4.69) is 32.2 Å². The van der Waals surface area contributed by atoms with Gasteiger partial charge in [-0.3, -0.25) is 0 Å². The third kappa shape index (κ3) is 7.30. The van der Waals surface area contributed by atoms with Crippen LogP contribution >= 0.6 is 0 Å². The standard InChI is InChI=1S/C26H30O6/c1-6-25(27)31-14-12-29-23-10-8-21(16-18(23)3)20(5)22-9-11-24(19(4)17-22)30-13-15-32-26(28)7-2/h6-11,16-17,20H,1-2,12-15H2,3-5H3. The van der Waals surface area contributed by atoms with Crippen LogP contribution in [0.15, 0.2) is 61.7 Å². The van der Waals surface area contributed by atoms with Gasteiger partial charge in [0.2, 0.25) is 0 Å². The van der Waals surface area contributed by atoms with Crippen LogP contribution in [0.25, 0.3) is 0 Å². The quantitative estimate of drug-likeness (QED) is 0.272. The van der Waals surface area contributed by atoms with Crippen molar-refractivity contribution in [1.29, 1.82) is 0 Å². The number of hydrogen-bond acceptors (Lipinski definition) is 6. The zero-order valence-electron chi connectivity index (χ0n) is 18.9. The predicted molar refractivity (Wildman–Crippen MR) is 123 cm³/mol. The lowest BCUT2D eigenvalue weighted by molar-refractivity contribution is -0.139. The Labute approximate surface area is 189 Å². The van der Waals surface area contributed by atoms with Crippen LogP contribution in [0.2, 0.25) is 0 Å². The molecule has 0 unspecified atom stereocenters. The summed E-state index contributed by atoms with van der Waals surface area (Å²) in [5.41, 5.74) is 4.35. The molecule has 0 aliphatic heterocycles. The topological polar surface area (TPSA) is 71.1 Å². The first-order valence-electron chi connectivity index (χ1n) is 10.4. The van der Waals surface area contributed by atoms with E-state index >= 15 is 0 Å². The molecule has 0 aliphatic rings. The van der Waals surface area contributed by atoms with Gasteiger partial charge in [-0.15, -0.1) is 0 Å². The Hall–Kier alpha value is -3.54. The third-order valence-corrected chi connectivity index (χ3v) is 4.90. The average molecular weight is 439 g/mol. The Balaban J connectivity index is 1.96. The number of carbonyl (C=O) groups excluding carboxylic acids is 2. The normalized spacial score (nSPS) is 10.4. The van der Waals surface area contributed by atoms with E-state index < -0.39 is 11.9 Å². The summed E-state index contributed by atoms with van der Waals surface area (Å²) in [6.45, 7) is 13.7. The lowest BCUT2D eigenvalue weighted by atomic mass is 9.91. The number of ether oxygens (including phenoxy) is 4. The average Bonchev–Trinajstić information content (AvgIpc) is 2.80. The molecule has 6 nitrogen and oxygen atoms in total. The van der Waals surface area contributed by atoms with Gasteiger partial charge in [0.25, 0.3) is 0 Å². The van der Waals surface area contributed by atoms with Crippen molar-refractivity contribution < 1.29 is 28.5 Å². The van der Waals surface area contributed by atoms with Crippen LogP contribution in [0, 0.1) is 13.8 Å². The van der Waals surface area contributed by atoms with Crippen molar-refractivity contribution in [3.05, 3.63) is 84.0 Å². The smallest absolute Gasteiger partial charge is 0.330 e. The summed E-state index contributed by atoms with van der Waals surface area (Å²) in [4.78, 5) is 22.1. The molecule has 0 N–H and O–H groups in total. The molecule has 0 amide bonds. The van der Waals surface area contributed by atoms with E-state index in [9.17, 15) is 9.59 Å². The molecular formula is C26H30O6. The Kier molecular flexibility index (Phi) is 9.54. The van der Waals surface area contributed by atoms with Crippen molar-refractivity contribution in [3.8, 4) is 11.5 Å². The van der Waals surface area contributed by atoms with E-state index in [1.807, 2.05) is 38.1 Å². The highest BCUT2D eigenvalue weighted by Crippen LogP contribution is 2.31. The zero-order valence-corrected chi connectivity index (χ0v) is 18.9. The van der Waals surface area contributed by atoms with E-state index in [4.69, 9.17) is 18.9 Å². The van der Waals surface area contributed by atoms with E-state index in [1.165, 1.54) is 0 Å². The molecule has 6 heteroatoms. The van der Waals surface area contributed by atoms with Crippen LogP contribution in [0.4, 0.5) is 0 Å². The lowest BCUT2D eigenvalue weighted by Gasteiger charge is -2.17. The maximum Gasteiger partial charge on any atom is 0.330 e. The number of hydrogen-bond donors (Lipinski definition) is 0. The molecule has 0 atom stereocenters. The van der Waals surface area contributed by atoms with Crippen molar-refractivity contribution >= 4 is 11.9 Å². The summed E-state index contributed by atoms with van der Waals surface area (Å²) in [7, 11) is 0. The fraction of sp³-hybridized carbons (Fsp3) is 0.308. The highest BCUT2D eigenvalue weighted by atomic mass is 16.6. The summed E-state index contributed by atoms with van der Waals surface area (Å²) >= 11 is 0. The first-order chi connectivity index (χ1) is 15.3. The van der Waals surface area contributed by atoms with Crippen molar-refractivity contribution in [1.82, 2.24) is 0 Å². The number of esters is 2. The second-order valence-corrected chi connectivity index (χ2v) is 7.21. The molecule has 0 aromatic heterocycles. The molecule has 2 rings (SSSR count). The summed E-state index contributed by atoms with van der Waals surface area (Å²) in [6.07, 6.45) is 2.26. The van der Waals surface area contributed by atoms with E-state index in [-0.39, 0.29) is 32.3 Å². The molecule has 0 saturated carbocycles. The number of rotatable bonds is 12. The molecule has 0 saturated heterocycles. The molecule has 0 heterocycles. The minimum absolute atomic E-state index is 0.173. The number of carbonyl (C=O) groups is 2. The second kappa shape index (κ2) is 12.3. The van der Waals surface area contributed by atoms with Crippen molar-refractivity contribution in [3.63, 3.8) is 0 Å². The van der Waals surface area contributed by atoms with Gasteiger partial charge in [-0.2, -0.15) is 0 Å². The molecule has 2 aromatic rings. The number of benzene rings is 2. The first kappa shape index (κ1) is 24.7. The fourth-order valence-corrected chi connectivity index (χ4v) is 3.11. The molecule has 170 valence electrons. The maximum atomic E-state index is 11.1. The summed E-state index contributed by atoms with van der Waals surface area (Å²) in [6, 6.07) is 12.1. The van der Waals surface area contributed by atoms with Gasteiger partial charge in [0, 0.05) is 18.1 Å². The number of aryl methyl sites for hydroxylation is 2. The van der Waals surface area contributed by atoms with Crippen LogP contribution in [-0.4, -0.2) is 38.4 Å². The van der Waals surface area contributed by atoms with E-state index in [0.717, 1.165) is 45.9 Å². The van der Waals surface area contributed by atoms with Gasteiger partial charge in [-0.25, -0.2) is 9.59 Å². The van der Waals surface area contributed by atoms with Gasteiger partial charge >= 0.3 is 11.9 Å². The Bertz CT molecular complexity index is 885. The monoisotopic (exact) mass is 438 g/mol. The third-order valence-electron chi connectivity index (χ3n) is 4.90. The minimum Gasteiger partial charge on any atom is -0.490 e. The van der Waals surface area contributed by atoms with Gasteiger partial charge in [0.15, 0.2) is 0 Å². The molecule has 0 aliphatic carbocycles. The minimum atomic E-state index is -0.461. The zero-order chi connectivity index (χ0) is 23.5. The summed E-state index contributed by atoms with van der Waals surface area (Å²) < 4.78 is 21.3. The molecule has 0 fully saturated rings. The van der Waals surface area contributed by atoms with Crippen LogP contribution in [0.3, 0.4) is 0 Å². The second-order valence-electron chi connectivity index (χ2n) is 7.21. The molecule has 0 radical (unpaired) electrons. The highest BCUT2D eigenvalue weighted by molar-refractivity contribution is 5.81. The first-order valence-corrected chi connectivity index (χ1v) is 10.4. The molecule has 2 aromatic carbocycles. The van der Waals surface area contributed by atoms with Gasteiger partial charge in [-0.1, -0.05) is 44.3 Å². The molecule has 0 bridgehead atoms. The van der Waals surface area contributed by atoms with Crippen molar-refractivity contribution in [2.45, 2.75) is 26.7 Å². The molecule has 0 spiro atoms. The van der Waals surface area contributed by atoms with Gasteiger partial charge < -0.3 is 18.9 Å². The molecular weight excluding hydrogens is 408 g/mol. The fourth-order valence-electron chi connectivity index (χ4n) is 3.11. The van der Waals surface area contributed by atoms with Crippen LogP contribution in [-0.2, 0) is 19.1 Å². The van der Waals surface area contributed by atoms with Gasteiger partial charge in [0.05, 0.1) is 0 Å². The SMILES string of the molecule is C=CC(=O)OCCOc1ccc(C(C)c2ccc(OCCOC(=O)C=C)c(C)c2)cc1C. The van der Waals surface area contributed by atoms with E-state index in [1.54, 1.807) is 0 Å². The van der Waals surface area contributed by atoms with E-state index in [0.29, 0.717) is 0 Å². The maximum absolute atomic E-state index is 11.1. The molecule has 32 heavy (non-hydrogen) atoms. The Morgan fingerprint density at radius 2 is 1.19 bits per heavy atom. The van der Waals surface area contributed by atoms with Crippen molar-refractivity contribution in [2.75, 3.05) is 26.4 Å². The lowest BCUT2D eigenvalue weighted by Crippen LogP contribution is -2.11. The van der Waals surface area contributed by atoms with Crippen LogP contribution in [0.1, 0.15) is 35.1 Å². The largest absolute Gasteiger partial charge is 0.490 e. The Morgan fingerprint density at radius 1 is 0.781 bits per heavy atom. The Morgan fingerprint density at radius 3 is 1.53 bits per heavy atom.